The predicted octanol–water partition coefficient (Wildman–Crippen LogP) is 1.80. The van der Waals surface area contributed by atoms with Crippen molar-refractivity contribution in [2.45, 2.75) is 18.4 Å². The number of hydrogen-bond acceptors (Lipinski definition) is 4. The first-order valence-corrected chi connectivity index (χ1v) is 5.12. The van der Waals surface area contributed by atoms with Gasteiger partial charge in [0.1, 0.15) is 16.7 Å². The first-order valence-electron chi connectivity index (χ1n) is 3.89. The zero-order chi connectivity index (χ0) is 8.97. The van der Waals surface area contributed by atoms with Gasteiger partial charge in [-0.15, -0.1) is 11.8 Å². The largest absolute Gasteiger partial charge is 0.373 e. The van der Waals surface area contributed by atoms with Gasteiger partial charge >= 0.3 is 0 Å². The van der Waals surface area contributed by atoms with E-state index in [0.717, 1.165) is 23.1 Å². The number of hydrogen-bond donors (Lipinski definition) is 1. The average Bonchev–Trinajstić information content (AvgIpc) is 2.16. The Morgan fingerprint density at radius 1 is 1.50 bits per heavy atom. The molecule has 1 rings (SSSR count). The van der Waals surface area contributed by atoms with Crippen molar-refractivity contribution in [2.75, 3.05) is 18.6 Å². The van der Waals surface area contributed by atoms with Gasteiger partial charge in [0.05, 0.1) is 0 Å². The Balaban J connectivity index is 3.01. The molecule has 0 aliphatic heterocycles. The van der Waals surface area contributed by atoms with E-state index in [0.29, 0.717) is 0 Å². The maximum Gasteiger partial charge on any atom is 0.131 e. The molecule has 0 aliphatic carbocycles. The van der Waals surface area contributed by atoms with Crippen molar-refractivity contribution >= 4 is 17.6 Å². The molecule has 1 N–H and O–H groups in total. The zero-order valence-electron chi connectivity index (χ0n) is 7.59. The molecule has 12 heavy (non-hydrogen) atoms. The van der Waals surface area contributed by atoms with Gasteiger partial charge in [0.25, 0.3) is 0 Å². The highest BCUT2D eigenvalue weighted by molar-refractivity contribution is 7.98. The molecule has 0 spiro atoms. The number of aryl methyl sites for hydroxylation is 1. The number of thioether (sulfide) groups is 1. The molecule has 1 aromatic rings. The van der Waals surface area contributed by atoms with Gasteiger partial charge in [0.15, 0.2) is 0 Å². The van der Waals surface area contributed by atoms with Crippen LogP contribution >= 0.6 is 11.8 Å². The first-order chi connectivity index (χ1) is 5.80. The van der Waals surface area contributed by atoms with Crippen LogP contribution in [0, 0.1) is 0 Å². The Hall–Kier alpha value is -0.770. The lowest BCUT2D eigenvalue weighted by molar-refractivity contribution is 0.892. The van der Waals surface area contributed by atoms with Crippen LogP contribution in [0.4, 0.5) is 5.82 Å². The van der Waals surface area contributed by atoms with Crippen LogP contribution in [0.25, 0.3) is 0 Å². The highest BCUT2D eigenvalue weighted by atomic mass is 32.2. The lowest BCUT2D eigenvalue weighted by Gasteiger charge is -2.03. The molecular formula is C8H13N3S. The van der Waals surface area contributed by atoms with Crippen LogP contribution in [0.5, 0.6) is 0 Å². The van der Waals surface area contributed by atoms with E-state index >= 15 is 0 Å². The van der Waals surface area contributed by atoms with Gasteiger partial charge in [0, 0.05) is 19.5 Å². The quantitative estimate of drug-likeness (QED) is 0.573. The van der Waals surface area contributed by atoms with E-state index < -0.39 is 0 Å². The Bertz CT molecular complexity index is 207. The maximum atomic E-state index is 4.33. The second-order valence-corrected chi connectivity index (χ2v) is 3.14. The average molecular weight is 183 g/mol. The van der Waals surface area contributed by atoms with E-state index in [1.54, 1.807) is 11.8 Å². The van der Waals surface area contributed by atoms with Crippen LogP contribution in [-0.4, -0.2) is 23.3 Å². The zero-order valence-corrected chi connectivity index (χ0v) is 8.40. The number of nitrogens with one attached hydrogen (secondary N) is 1. The summed E-state index contributed by atoms with van der Waals surface area (Å²) in [5.41, 5.74) is 0. The monoisotopic (exact) mass is 183 g/mol. The Kier molecular flexibility index (Phi) is 3.34. The normalized spacial score (nSPS) is 9.92. The third kappa shape index (κ3) is 2.11. The van der Waals surface area contributed by atoms with Crippen molar-refractivity contribution in [2.24, 2.45) is 0 Å². The molecule has 0 fully saturated rings. The van der Waals surface area contributed by atoms with Crippen LogP contribution in [-0.2, 0) is 6.42 Å². The molecule has 0 aromatic carbocycles. The van der Waals surface area contributed by atoms with E-state index in [-0.39, 0.29) is 0 Å². The fourth-order valence-corrected chi connectivity index (χ4v) is 1.29. The van der Waals surface area contributed by atoms with E-state index in [2.05, 4.69) is 22.2 Å². The molecular weight excluding hydrogens is 170 g/mol. The van der Waals surface area contributed by atoms with Crippen molar-refractivity contribution in [1.29, 1.82) is 0 Å². The summed E-state index contributed by atoms with van der Waals surface area (Å²) in [6.45, 7) is 2.05. The number of anilines is 1. The van der Waals surface area contributed by atoms with Gasteiger partial charge in [-0.1, -0.05) is 6.92 Å². The van der Waals surface area contributed by atoms with E-state index in [9.17, 15) is 0 Å². The fraction of sp³-hybridized carbons (Fsp3) is 0.500. The molecule has 1 heterocycles. The molecule has 3 nitrogen and oxygen atoms in total. The Labute approximate surface area is 77.0 Å². The third-order valence-corrected chi connectivity index (χ3v) is 2.16. The summed E-state index contributed by atoms with van der Waals surface area (Å²) in [5, 5.41) is 4.03. The van der Waals surface area contributed by atoms with Crippen molar-refractivity contribution < 1.29 is 0 Å². The van der Waals surface area contributed by atoms with Crippen molar-refractivity contribution in [3.63, 3.8) is 0 Å². The minimum Gasteiger partial charge on any atom is -0.373 e. The Morgan fingerprint density at radius 3 is 2.75 bits per heavy atom. The van der Waals surface area contributed by atoms with Gasteiger partial charge in [-0.2, -0.15) is 0 Å². The van der Waals surface area contributed by atoms with E-state index in [4.69, 9.17) is 0 Å². The second-order valence-electron chi connectivity index (χ2n) is 2.32. The van der Waals surface area contributed by atoms with Gasteiger partial charge in [0.2, 0.25) is 0 Å². The molecule has 0 unspecified atom stereocenters. The first kappa shape index (κ1) is 9.32. The van der Waals surface area contributed by atoms with Crippen molar-refractivity contribution in [3.05, 3.63) is 11.9 Å². The van der Waals surface area contributed by atoms with Gasteiger partial charge in [-0.3, -0.25) is 0 Å². The number of nitrogens with zero attached hydrogens (tertiary/aromatic N) is 2. The molecule has 0 radical (unpaired) electrons. The minimum absolute atomic E-state index is 0.878. The standard InChI is InChI=1S/C8H13N3S/c1-4-6-10-7(9-2)5-8(11-6)12-3/h5H,4H2,1-3H3,(H,9,10,11). The molecule has 0 amide bonds. The Morgan fingerprint density at radius 2 is 2.25 bits per heavy atom. The smallest absolute Gasteiger partial charge is 0.131 e. The molecule has 0 bridgehead atoms. The molecule has 4 heteroatoms. The lowest BCUT2D eigenvalue weighted by atomic mass is 10.4. The van der Waals surface area contributed by atoms with Gasteiger partial charge in [-0.25, -0.2) is 9.97 Å². The van der Waals surface area contributed by atoms with Crippen LogP contribution < -0.4 is 5.32 Å². The molecule has 66 valence electrons. The minimum atomic E-state index is 0.878. The van der Waals surface area contributed by atoms with Crippen LogP contribution in [0.1, 0.15) is 12.7 Å². The third-order valence-electron chi connectivity index (χ3n) is 1.53. The van der Waals surface area contributed by atoms with E-state index in [1.165, 1.54) is 0 Å². The summed E-state index contributed by atoms with van der Waals surface area (Å²) in [7, 11) is 1.87. The summed E-state index contributed by atoms with van der Waals surface area (Å²) in [6, 6.07) is 1.95. The molecule has 0 saturated heterocycles. The fourth-order valence-electron chi connectivity index (χ4n) is 0.863. The number of rotatable bonds is 3. The van der Waals surface area contributed by atoms with Crippen LogP contribution in [0.2, 0.25) is 0 Å². The highest BCUT2D eigenvalue weighted by Crippen LogP contribution is 2.15. The highest BCUT2D eigenvalue weighted by Gasteiger charge is 2.00. The lowest BCUT2D eigenvalue weighted by Crippen LogP contribution is -1.99. The maximum absolute atomic E-state index is 4.33. The topological polar surface area (TPSA) is 37.8 Å². The molecule has 0 aliphatic rings. The summed E-state index contributed by atoms with van der Waals surface area (Å²) in [6.07, 6.45) is 2.89. The van der Waals surface area contributed by atoms with Crippen LogP contribution in [0.15, 0.2) is 11.1 Å². The summed E-state index contributed by atoms with van der Waals surface area (Å²) >= 11 is 1.64. The SMILES string of the molecule is CCc1nc(NC)cc(SC)n1. The molecule has 0 saturated carbocycles. The van der Waals surface area contributed by atoms with Crippen LogP contribution in [0.3, 0.4) is 0 Å². The summed E-state index contributed by atoms with van der Waals surface area (Å²) < 4.78 is 0. The molecule has 1 aromatic heterocycles. The van der Waals surface area contributed by atoms with Gasteiger partial charge in [-0.05, 0) is 6.26 Å². The predicted molar refractivity (Wildman–Crippen MR) is 52.7 cm³/mol. The summed E-state index contributed by atoms with van der Waals surface area (Å²) in [5.74, 6) is 1.79. The van der Waals surface area contributed by atoms with Gasteiger partial charge < -0.3 is 5.32 Å². The molecule has 0 atom stereocenters. The number of aromatic nitrogens is 2. The van der Waals surface area contributed by atoms with E-state index in [1.807, 2.05) is 19.4 Å². The summed E-state index contributed by atoms with van der Waals surface area (Å²) in [4.78, 5) is 8.61. The van der Waals surface area contributed by atoms with Crippen molar-refractivity contribution in [3.8, 4) is 0 Å². The second kappa shape index (κ2) is 4.30. The van der Waals surface area contributed by atoms with Crippen molar-refractivity contribution in [1.82, 2.24) is 9.97 Å².